The number of methoxy groups -OCH3 is 2. The zero-order valence-corrected chi connectivity index (χ0v) is 13.1. The van der Waals surface area contributed by atoms with Crippen LogP contribution in [0, 0.1) is 10.1 Å². The van der Waals surface area contributed by atoms with Crippen LogP contribution in [0.4, 0.5) is 5.69 Å². The van der Waals surface area contributed by atoms with Gasteiger partial charge in [-0.3, -0.25) is 14.9 Å². The highest BCUT2D eigenvalue weighted by molar-refractivity contribution is 5.75. The lowest BCUT2D eigenvalue weighted by molar-refractivity contribution is -0.386. The molecule has 1 amide bonds. The number of carbonyl (C=O) groups excluding carboxylic acids is 1. The molecule has 1 atom stereocenters. The van der Waals surface area contributed by atoms with Crippen molar-refractivity contribution in [3.05, 3.63) is 39.4 Å². The third-order valence-electron chi connectivity index (χ3n) is 3.32. The minimum Gasteiger partial charge on any atom is -0.385 e. The molecule has 0 aliphatic heterocycles. The van der Waals surface area contributed by atoms with Gasteiger partial charge in [-0.1, -0.05) is 6.07 Å². The summed E-state index contributed by atoms with van der Waals surface area (Å²) in [6.45, 7) is 2.61. The van der Waals surface area contributed by atoms with E-state index in [0.29, 0.717) is 31.6 Å². The van der Waals surface area contributed by atoms with Gasteiger partial charge in [0.1, 0.15) is 0 Å². The van der Waals surface area contributed by atoms with Crippen molar-refractivity contribution in [2.24, 2.45) is 0 Å². The third-order valence-corrected chi connectivity index (χ3v) is 3.32. The maximum Gasteiger partial charge on any atom is 0.275 e. The van der Waals surface area contributed by atoms with Gasteiger partial charge in [0.2, 0.25) is 5.91 Å². The first-order chi connectivity index (χ1) is 10.5. The fraction of sp³-hybridized carbons (Fsp3) is 0.533. The zero-order chi connectivity index (χ0) is 16.5. The molecule has 0 fully saturated rings. The van der Waals surface area contributed by atoms with Crippen LogP contribution in [0.25, 0.3) is 0 Å². The number of nitro benzene ring substituents is 1. The average Bonchev–Trinajstić information content (AvgIpc) is 2.52. The number of hydrogen-bond donors (Lipinski definition) is 1. The summed E-state index contributed by atoms with van der Waals surface area (Å²) in [6, 6.07) is 4.78. The van der Waals surface area contributed by atoms with Gasteiger partial charge in [-0.15, -0.1) is 0 Å². The Kier molecular flexibility index (Phi) is 7.48. The van der Waals surface area contributed by atoms with Crippen molar-refractivity contribution in [3.8, 4) is 0 Å². The Labute approximate surface area is 129 Å². The molecule has 7 nitrogen and oxygen atoms in total. The standard InChI is InChI=1S/C15H22N2O5/c1-11(22-3)13-9-12(6-7-14(13)17(19)20)10-16-15(18)5-4-8-21-2/h6-7,9,11H,4-5,8,10H2,1-3H3,(H,16,18). The molecular formula is C15H22N2O5. The molecule has 0 heterocycles. The summed E-state index contributed by atoms with van der Waals surface area (Å²) in [7, 11) is 3.09. The number of nitrogens with one attached hydrogen (secondary N) is 1. The molecule has 1 rings (SSSR count). The fourth-order valence-electron chi connectivity index (χ4n) is 2.00. The second-order valence-corrected chi connectivity index (χ2v) is 4.90. The molecule has 22 heavy (non-hydrogen) atoms. The van der Waals surface area contributed by atoms with E-state index in [1.165, 1.54) is 13.2 Å². The van der Waals surface area contributed by atoms with Crippen molar-refractivity contribution in [1.29, 1.82) is 0 Å². The number of nitro groups is 1. The molecule has 1 unspecified atom stereocenters. The quantitative estimate of drug-likeness (QED) is 0.429. The highest BCUT2D eigenvalue weighted by atomic mass is 16.6. The number of benzene rings is 1. The minimum absolute atomic E-state index is 0.0181. The van der Waals surface area contributed by atoms with Gasteiger partial charge in [-0.25, -0.2) is 0 Å². The average molecular weight is 310 g/mol. The number of amides is 1. The Balaban J connectivity index is 2.72. The van der Waals surface area contributed by atoms with Crippen LogP contribution < -0.4 is 5.32 Å². The lowest BCUT2D eigenvalue weighted by Crippen LogP contribution is -2.22. The summed E-state index contributed by atoms with van der Waals surface area (Å²) in [5.41, 5.74) is 1.31. The van der Waals surface area contributed by atoms with Crippen molar-refractivity contribution in [3.63, 3.8) is 0 Å². The number of rotatable bonds is 9. The Hall–Kier alpha value is -1.99. The van der Waals surface area contributed by atoms with Gasteiger partial charge in [-0.2, -0.15) is 0 Å². The molecule has 7 heteroatoms. The monoisotopic (exact) mass is 310 g/mol. The highest BCUT2D eigenvalue weighted by Crippen LogP contribution is 2.27. The van der Waals surface area contributed by atoms with Gasteiger partial charge in [0.05, 0.1) is 16.6 Å². The molecule has 0 aromatic heterocycles. The molecular weight excluding hydrogens is 288 g/mol. The first-order valence-electron chi connectivity index (χ1n) is 7.05. The maximum absolute atomic E-state index is 11.6. The highest BCUT2D eigenvalue weighted by Gasteiger charge is 2.19. The molecule has 1 aromatic carbocycles. The molecule has 0 bridgehead atoms. The summed E-state index contributed by atoms with van der Waals surface area (Å²) >= 11 is 0. The Morgan fingerprint density at radius 3 is 2.73 bits per heavy atom. The van der Waals surface area contributed by atoms with E-state index in [1.807, 2.05) is 0 Å². The van der Waals surface area contributed by atoms with Crippen LogP contribution >= 0.6 is 0 Å². The van der Waals surface area contributed by atoms with Crippen LogP contribution in [0.2, 0.25) is 0 Å². The molecule has 0 aliphatic carbocycles. The minimum atomic E-state index is -0.433. The lowest BCUT2D eigenvalue weighted by atomic mass is 10.0. The second kappa shape index (κ2) is 9.11. The largest absolute Gasteiger partial charge is 0.385 e. The van der Waals surface area contributed by atoms with Crippen molar-refractivity contribution >= 4 is 11.6 Å². The number of nitrogens with zero attached hydrogens (tertiary/aromatic N) is 1. The smallest absolute Gasteiger partial charge is 0.275 e. The summed E-state index contributed by atoms with van der Waals surface area (Å²) in [6.07, 6.45) is 0.661. The van der Waals surface area contributed by atoms with E-state index in [1.54, 1.807) is 26.2 Å². The van der Waals surface area contributed by atoms with Crippen LogP contribution in [0.5, 0.6) is 0 Å². The predicted octanol–water partition coefficient (Wildman–Crippen LogP) is 2.34. The molecule has 122 valence electrons. The van der Waals surface area contributed by atoms with Gasteiger partial charge in [0.25, 0.3) is 5.69 Å². The van der Waals surface area contributed by atoms with Gasteiger partial charge < -0.3 is 14.8 Å². The summed E-state index contributed by atoms with van der Waals surface area (Å²) < 4.78 is 10.1. The van der Waals surface area contributed by atoms with E-state index >= 15 is 0 Å². The van der Waals surface area contributed by atoms with E-state index in [9.17, 15) is 14.9 Å². The molecule has 0 saturated heterocycles. The Bertz CT molecular complexity index is 519. The number of carbonyl (C=O) groups is 1. The normalized spacial score (nSPS) is 12.0. The third kappa shape index (κ3) is 5.42. The zero-order valence-electron chi connectivity index (χ0n) is 13.1. The van der Waals surface area contributed by atoms with Gasteiger partial charge in [0, 0.05) is 39.9 Å². The van der Waals surface area contributed by atoms with Crippen molar-refractivity contribution in [2.75, 3.05) is 20.8 Å². The lowest BCUT2D eigenvalue weighted by Gasteiger charge is -2.12. The van der Waals surface area contributed by atoms with Crippen LogP contribution in [0.3, 0.4) is 0 Å². The molecule has 0 spiro atoms. The summed E-state index contributed by atoms with van der Waals surface area (Å²) in [4.78, 5) is 22.2. The van der Waals surface area contributed by atoms with E-state index in [0.717, 1.165) is 5.56 Å². The van der Waals surface area contributed by atoms with E-state index in [4.69, 9.17) is 9.47 Å². The molecule has 0 saturated carbocycles. The molecule has 1 N–H and O–H groups in total. The first kappa shape index (κ1) is 18.1. The van der Waals surface area contributed by atoms with Crippen molar-refractivity contribution < 1.29 is 19.2 Å². The van der Waals surface area contributed by atoms with E-state index < -0.39 is 11.0 Å². The molecule has 0 aliphatic rings. The second-order valence-electron chi connectivity index (χ2n) is 4.90. The molecule has 0 radical (unpaired) electrons. The van der Waals surface area contributed by atoms with Crippen LogP contribution in [0.1, 0.15) is 37.0 Å². The Morgan fingerprint density at radius 1 is 1.41 bits per heavy atom. The Morgan fingerprint density at radius 2 is 2.14 bits per heavy atom. The number of hydrogen-bond acceptors (Lipinski definition) is 5. The van der Waals surface area contributed by atoms with E-state index in [2.05, 4.69) is 5.32 Å². The summed E-state index contributed by atoms with van der Waals surface area (Å²) in [5, 5.41) is 13.8. The molecule has 1 aromatic rings. The predicted molar refractivity (Wildman–Crippen MR) is 81.5 cm³/mol. The first-order valence-corrected chi connectivity index (χ1v) is 7.05. The van der Waals surface area contributed by atoms with Crippen molar-refractivity contribution in [1.82, 2.24) is 5.32 Å². The fourth-order valence-corrected chi connectivity index (χ4v) is 2.00. The van der Waals surface area contributed by atoms with Crippen molar-refractivity contribution in [2.45, 2.75) is 32.4 Å². The van der Waals surface area contributed by atoms with Gasteiger partial charge in [-0.05, 0) is 25.0 Å². The van der Waals surface area contributed by atoms with Gasteiger partial charge in [0.15, 0.2) is 0 Å². The maximum atomic E-state index is 11.6. The topological polar surface area (TPSA) is 90.7 Å². The van der Waals surface area contributed by atoms with Crippen LogP contribution in [0.15, 0.2) is 18.2 Å². The van der Waals surface area contributed by atoms with Crippen LogP contribution in [-0.2, 0) is 20.8 Å². The van der Waals surface area contributed by atoms with Gasteiger partial charge >= 0.3 is 0 Å². The summed E-state index contributed by atoms with van der Waals surface area (Å²) in [5.74, 6) is -0.0725. The number of ether oxygens (including phenoxy) is 2. The van der Waals surface area contributed by atoms with Crippen LogP contribution in [-0.4, -0.2) is 31.7 Å². The van der Waals surface area contributed by atoms with E-state index in [-0.39, 0.29) is 11.6 Å². The SMILES string of the molecule is COCCCC(=O)NCc1ccc([N+](=O)[O-])c(C(C)OC)c1.